The van der Waals surface area contributed by atoms with Crippen LogP contribution in [0, 0.1) is 17.3 Å². The monoisotopic (exact) mass is 349 g/mol. The van der Waals surface area contributed by atoms with E-state index < -0.39 is 5.41 Å². The fraction of sp³-hybridized carbons (Fsp3) is 0.722. The van der Waals surface area contributed by atoms with E-state index in [-0.39, 0.29) is 17.9 Å². The summed E-state index contributed by atoms with van der Waals surface area (Å²) in [5, 5.41) is 6.14. The highest BCUT2D eigenvalue weighted by Crippen LogP contribution is 2.36. The van der Waals surface area contributed by atoms with Crippen molar-refractivity contribution in [2.75, 3.05) is 13.1 Å². The zero-order valence-corrected chi connectivity index (χ0v) is 15.6. The van der Waals surface area contributed by atoms with Crippen LogP contribution in [0.5, 0.6) is 0 Å². The number of nitrogens with zero attached hydrogens (tertiary/aromatic N) is 2. The molecular weight excluding hydrogens is 322 g/mol. The van der Waals surface area contributed by atoms with Gasteiger partial charge in [-0.15, -0.1) is 11.3 Å². The number of hydrogen-bond acceptors (Lipinski definition) is 4. The van der Waals surface area contributed by atoms with Gasteiger partial charge in [-0.05, 0) is 31.6 Å². The smallest absolute Gasteiger partial charge is 0.225 e. The fourth-order valence-corrected chi connectivity index (χ4v) is 3.95. The molecule has 24 heavy (non-hydrogen) atoms. The lowest BCUT2D eigenvalue weighted by Gasteiger charge is -2.36. The molecule has 6 heteroatoms. The average molecular weight is 350 g/mol. The highest BCUT2D eigenvalue weighted by atomic mass is 32.1. The summed E-state index contributed by atoms with van der Waals surface area (Å²) in [6.45, 7) is 7.38. The van der Waals surface area contributed by atoms with Crippen LogP contribution in [-0.2, 0) is 9.59 Å². The maximum atomic E-state index is 12.5. The Labute approximate surface area is 147 Å². The highest BCUT2D eigenvalue weighted by molar-refractivity contribution is 7.09. The standard InChI is InChI=1S/C18H27N3O2S/c1-18(2,3)17(23)20-14(15-19-8-11-24-15)12-6-9-21(10-7-12)16(22)13-4-5-13/h8,11-14H,4-7,9-10H2,1-3H3,(H,20,23). The SMILES string of the molecule is CC(C)(C)C(=O)NC(c1nccs1)C1CCN(C(=O)C2CC2)CC1. The molecule has 1 unspecified atom stereocenters. The number of carbonyl (C=O) groups is 2. The number of rotatable bonds is 4. The first kappa shape index (κ1) is 17.4. The van der Waals surface area contributed by atoms with Crippen LogP contribution >= 0.6 is 11.3 Å². The summed E-state index contributed by atoms with van der Waals surface area (Å²) in [7, 11) is 0. The van der Waals surface area contributed by atoms with Gasteiger partial charge in [0, 0.05) is 36.0 Å². The second kappa shape index (κ2) is 6.82. The summed E-state index contributed by atoms with van der Waals surface area (Å²) < 4.78 is 0. The number of thiazole rings is 1. The van der Waals surface area contributed by atoms with E-state index in [0.29, 0.717) is 11.8 Å². The Morgan fingerprint density at radius 1 is 1.25 bits per heavy atom. The second-order valence-electron chi connectivity index (χ2n) is 8.01. The third kappa shape index (κ3) is 3.97. The molecule has 0 radical (unpaired) electrons. The first-order valence-electron chi connectivity index (χ1n) is 8.85. The molecule has 1 saturated carbocycles. The van der Waals surface area contributed by atoms with Crippen molar-refractivity contribution < 1.29 is 9.59 Å². The zero-order valence-electron chi connectivity index (χ0n) is 14.7. The Hall–Kier alpha value is -1.43. The molecule has 1 aromatic rings. The van der Waals surface area contributed by atoms with Crippen molar-refractivity contribution in [1.82, 2.24) is 15.2 Å². The van der Waals surface area contributed by atoms with Crippen LogP contribution in [0.4, 0.5) is 0 Å². The number of aromatic nitrogens is 1. The van der Waals surface area contributed by atoms with E-state index in [2.05, 4.69) is 10.3 Å². The van der Waals surface area contributed by atoms with E-state index in [0.717, 1.165) is 43.8 Å². The fourth-order valence-electron chi connectivity index (χ4n) is 3.17. The van der Waals surface area contributed by atoms with E-state index in [1.165, 1.54) is 0 Å². The van der Waals surface area contributed by atoms with E-state index in [4.69, 9.17) is 0 Å². The zero-order chi connectivity index (χ0) is 17.3. The molecule has 2 heterocycles. The number of carbonyl (C=O) groups excluding carboxylic acids is 2. The summed E-state index contributed by atoms with van der Waals surface area (Å²) in [5.74, 6) is 1.01. The Morgan fingerprint density at radius 2 is 1.92 bits per heavy atom. The molecule has 1 N–H and O–H groups in total. The van der Waals surface area contributed by atoms with Crippen LogP contribution < -0.4 is 5.32 Å². The molecule has 5 nitrogen and oxygen atoms in total. The van der Waals surface area contributed by atoms with Gasteiger partial charge < -0.3 is 10.2 Å². The summed E-state index contributed by atoms with van der Waals surface area (Å²) in [5.41, 5.74) is -0.419. The van der Waals surface area contributed by atoms with Crippen LogP contribution in [-0.4, -0.2) is 34.8 Å². The lowest BCUT2D eigenvalue weighted by atomic mass is 9.87. The molecule has 3 rings (SSSR count). The predicted molar refractivity (Wildman–Crippen MR) is 94.5 cm³/mol. The quantitative estimate of drug-likeness (QED) is 0.909. The van der Waals surface area contributed by atoms with Crippen LogP contribution in [0.3, 0.4) is 0 Å². The Balaban J connectivity index is 1.66. The van der Waals surface area contributed by atoms with Gasteiger partial charge in [-0.1, -0.05) is 20.8 Å². The molecule has 2 aliphatic rings. The van der Waals surface area contributed by atoms with Gasteiger partial charge >= 0.3 is 0 Å². The van der Waals surface area contributed by atoms with E-state index >= 15 is 0 Å². The minimum Gasteiger partial charge on any atom is -0.346 e. The van der Waals surface area contributed by atoms with Crippen molar-refractivity contribution in [3.63, 3.8) is 0 Å². The Kier molecular flexibility index (Phi) is 4.95. The van der Waals surface area contributed by atoms with Crippen molar-refractivity contribution in [3.05, 3.63) is 16.6 Å². The second-order valence-corrected chi connectivity index (χ2v) is 8.93. The lowest BCUT2D eigenvalue weighted by molar-refractivity contribution is -0.135. The molecule has 2 amide bonds. The maximum absolute atomic E-state index is 12.5. The van der Waals surface area contributed by atoms with Gasteiger partial charge in [-0.3, -0.25) is 9.59 Å². The van der Waals surface area contributed by atoms with Gasteiger partial charge in [-0.2, -0.15) is 0 Å². The summed E-state index contributed by atoms with van der Waals surface area (Å²) >= 11 is 1.59. The summed E-state index contributed by atoms with van der Waals surface area (Å²) in [4.78, 5) is 31.2. The molecule has 0 bridgehead atoms. The molecule has 1 aliphatic heterocycles. The molecule has 0 aromatic carbocycles. The van der Waals surface area contributed by atoms with Crippen molar-refractivity contribution in [1.29, 1.82) is 0 Å². The largest absolute Gasteiger partial charge is 0.346 e. The molecule has 1 saturated heterocycles. The van der Waals surface area contributed by atoms with Crippen molar-refractivity contribution >= 4 is 23.2 Å². The molecule has 132 valence electrons. The third-order valence-electron chi connectivity index (χ3n) is 4.93. The molecule has 1 atom stereocenters. The first-order valence-corrected chi connectivity index (χ1v) is 9.73. The van der Waals surface area contributed by atoms with Gasteiger partial charge in [0.1, 0.15) is 5.01 Å². The van der Waals surface area contributed by atoms with Gasteiger partial charge in [0.15, 0.2) is 0 Å². The number of piperidine rings is 1. The molecule has 1 aliphatic carbocycles. The Bertz CT molecular complexity index is 582. The maximum Gasteiger partial charge on any atom is 0.225 e. The van der Waals surface area contributed by atoms with Crippen molar-refractivity contribution in [2.45, 2.75) is 52.5 Å². The third-order valence-corrected chi connectivity index (χ3v) is 5.79. The van der Waals surface area contributed by atoms with Gasteiger partial charge in [0.25, 0.3) is 0 Å². The van der Waals surface area contributed by atoms with Crippen LogP contribution in [0.15, 0.2) is 11.6 Å². The number of hydrogen-bond donors (Lipinski definition) is 1. The van der Waals surface area contributed by atoms with E-state index in [1.54, 1.807) is 17.5 Å². The van der Waals surface area contributed by atoms with Gasteiger partial charge in [0.05, 0.1) is 6.04 Å². The molecule has 0 spiro atoms. The molecule has 1 aromatic heterocycles. The normalized spacial score (nSPS) is 20.7. The minimum absolute atomic E-state index is 0.0464. The summed E-state index contributed by atoms with van der Waals surface area (Å²) in [6, 6.07) is -0.0464. The van der Waals surface area contributed by atoms with E-state index in [1.807, 2.05) is 31.1 Å². The first-order chi connectivity index (χ1) is 11.4. The molecule has 2 fully saturated rings. The topological polar surface area (TPSA) is 62.3 Å². The number of amides is 2. The number of nitrogens with one attached hydrogen (secondary N) is 1. The van der Waals surface area contributed by atoms with Crippen LogP contribution in [0.25, 0.3) is 0 Å². The predicted octanol–water partition coefficient (Wildman–Crippen LogP) is 3.00. The van der Waals surface area contributed by atoms with Gasteiger partial charge in [-0.25, -0.2) is 4.98 Å². The number of likely N-dealkylation sites (tertiary alicyclic amines) is 1. The minimum atomic E-state index is -0.419. The lowest BCUT2D eigenvalue weighted by Crippen LogP contribution is -2.45. The van der Waals surface area contributed by atoms with E-state index in [9.17, 15) is 9.59 Å². The summed E-state index contributed by atoms with van der Waals surface area (Å²) in [6.07, 6.45) is 5.76. The van der Waals surface area contributed by atoms with Gasteiger partial charge in [0.2, 0.25) is 11.8 Å². The Morgan fingerprint density at radius 3 is 2.42 bits per heavy atom. The van der Waals surface area contributed by atoms with Crippen LogP contribution in [0.1, 0.15) is 57.5 Å². The van der Waals surface area contributed by atoms with Crippen molar-refractivity contribution in [2.24, 2.45) is 17.3 Å². The average Bonchev–Trinajstić information content (AvgIpc) is 3.26. The highest BCUT2D eigenvalue weighted by Gasteiger charge is 2.37. The van der Waals surface area contributed by atoms with Crippen LogP contribution in [0.2, 0.25) is 0 Å². The molecular formula is C18H27N3O2S. The van der Waals surface area contributed by atoms with Crippen molar-refractivity contribution in [3.8, 4) is 0 Å².